The minimum Gasteiger partial charge on any atom is -0.481 e. The van der Waals surface area contributed by atoms with E-state index in [0.29, 0.717) is 0 Å². The number of carboxylic acid groups (broad SMARTS) is 1. The van der Waals surface area contributed by atoms with E-state index in [-0.39, 0.29) is 6.42 Å². The molecule has 1 atom stereocenters. The Hall–Kier alpha value is -1.35. The van der Waals surface area contributed by atoms with Crippen molar-refractivity contribution in [1.82, 2.24) is 0 Å². The minimum absolute atomic E-state index is 0.215. The molecule has 0 spiro atoms. The van der Waals surface area contributed by atoms with Gasteiger partial charge >= 0.3 is 5.97 Å². The summed E-state index contributed by atoms with van der Waals surface area (Å²) >= 11 is 0. The fraction of sp³-hybridized carbons (Fsp3) is 0.533. The molecule has 1 aromatic carbocycles. The number of aryl methyl sites for hydroxylation is 3. The molecule has 0 fully saturated rings. The molecule has 100 valence electrons. The number of hydrogen-bond acceptors (Lipinski definition) is 2. The van der Waals surface area contributed by atoms with Crippen LogP contribution >= 0.6 is 0 Å². The summed E-state index contributed by atoms with van der Waals surface area (Å²) in [5.41, 5.74) is 3.11. The highest BCUT2D eigenvalue weighted by Gasteiger charge is 2.31. The van der Waals surface area contributed by atoms with E-state index in [0.717, 1.165) is 22.3 Å². The molecule has 3 nitrogen and oxygen atoms in total. The van der Waals surface area contributed by atoms with Crippen molar-refractivity contribution in [2.45, 2.75) is 47.1 Å². The zero-order valence-electron chi connectivity index (χ0n) is 11.7. The van der Waals surface area contributed by atoms with Crippen molar-refractivity contribution in [2.75, 3.05) is 0 Å². The van der Waals surface area contributed by atoms with Crippen molar-refractivity contribution >= 4 is 5.97 Å². The van der Waals surface area contributed by atoms with Crippen molar-refractivity contribution in [3.63, 3.8) is 0 Å². The lowest BCUT2D eigenvalue weighted by Gasteiger charge is -2.25. The van der Waals surface area contributed by atoms with E-state index < -0.39 is 17.5 Å². The molecule has 0 saturated carbocycles. The topological polar surface area (TPSA) is 57.5 Å². The number of carboxylic acids is 1. The highest BCUT2D eigenvalue weighted by atomic mass is 16.4. The number of hydrogen-bond donors (Lipinski definition) is 2. The molecule has 18 heavy (non-hydrogen) atoms. The first-order valence-corrected chi connectivity index (χ1v) is 6.14. The fourth-order valence-electron chi connectivity index (χ4n) is 2.39. The number of aliphatic carboxylic acids is 1. The van der Waals surface area contributed by atoms with Gasteiger partial charge in [0.1, 0.15) is 0 Å². The van der Waals surface area contributed by atoms with Gasteiger partial charge in [-0.15, -0.1) is 0 Å². The highest BCUT2D eigenvalue weighted by Crippen LogP contribution is 2.33. The van der Waals surface area contributed by atoms with E-state index >= 15 is 0 Å². The molecule has 1 rings (SSSR count). The molecule has 3 heteroatoms. The third kappa shape index (κ3) is 3.10. The minimum atomic E-state index is -0.927. The molecule has 1 unspecified atom stereocenters. The Labute approximate surface area is 108 Å². The number of aliphatic hydroxyl groups is 1. The third-order valence-electron chi connectivity index (χ3n) is 3.35. The summed E-state index contributed by atoms with van der Waals surface area (Å²) in [6.45, 7) is 9.19. The lowest BCUT2D eigenvalue weighted by molar-refractivity contribution is -0.148. The maximum Gasteiger partial charge on any atom is 0.309 e. The van der Waals surface area contributed by atoms with Crippen LogP contribution in [0.2, 0.25) is 0 Å². The van der Waals surface area contributed by atoms with Crippen molar-refractivity contribution in [2.24, 2.45) is 5.41 Å². The molecule has 1 aromatic rings. The first-order valence-electron chi connectivity index (χ1n) is 6.14. The van der Waals surface area contributed by atoms with Gasteiger partial charge in [0.25, 0.3) is 0 Å². The molecule has 0 heterocycles. The smallest absolute Gasteiger partial charge is 0.309 e. The van der Waals surface area contributed by atoms with Crippen LogP contribution < -0.4 is 0 Å². The maximum absolute atomic E-state index is 11.1. The molecule has 0 aliphatic heterocycles. The maximum atomic E-state index is 11.1. The second-order valence-electron chi connectivity index (χ2n) is 5.72. The fourth-order valence-corrected chi connectivity index (χ4v) is 2.39. The molecule has 0 bridgehead atoms. The lowest BCUT2D eigenvalue weighted by atomic mass is 9.82. The lowest BCUT2D eigenvalue weighted by Crippen LogP contribution is -2.26. The molecule has 0 radical (unpaired) electrons. The third-order valence-corrected chi connectivity index (χ3v) is 3.35. The van der Waals surface area contributed by atoms with Crippen LogP contribution in [-0.4, -0.2) is 16.2 Å². The Morgan fingerprint density at radius 3 is 2.06 bits per heavy atom. The molecule has 2 N–H and O–H groups in total. The summed E-state index contributed by atoms with van der Waals surface area (Å²) in [6, 6.07) is 4.03. The quantitative estimate of drug-likeness (QED) is 0.863. The Morgan fingerprint density at radius 2 is 1.67 bits per heavy atom. The van der Waals surface area contributed by atoms with E-state index in [1.807, 2.05) is 32.9 Å². The number of rotatable bonds is 4. The largest absolute Gasteiger partial charge is 0.481 e. The van der Waals surface area contributed by atoms with Gasteiger partial charge in [0.15, 0.2) is 0 Å². The Bertz CT molecular complexity index is 438. The van der Waals surface area contributed by atoms with Crippen molar-refractivity contribution in [3.05, 3.63) is 34.4 Å². The summed E-state index contributed by atoms with van der Waals surface area (Å²) in [7, 11) is 0. The zero-order valence-corrected chi connectivity index (χ0v) is 11.7. The Morgan fingerprint density at radius 1 is 1.22 bits per heavy atom. The monoisotopic (exact) mass is 250 g/mol. The zero-order chi connectivity index (χ0) is 14.1. The normalized spacial score (nSPS) is 13.4. The second-order valence-corrected chi connectivity index (χ2v) is 5.72. The average molecular weight is 250 g/mol. The standard InChI is InChI=1S/C15H22O3/c1-9-6-10(2)13(11(3)7-9)12(16)8-15(4,5)14(17)18/h6-7,12,16H,8H2,1-5H3,(H,17,18). The van der Waals surface area contributed by atoms with Gasteiger partial charge in [0, 0.05) is 0 Å². The van der Waals surface area contributed by atoms with Crippen LogP contribution in [0.1, 0.15) is 48.6 Å². The van der Waals surface area contributed by atoms with Crippen LogP contribution in [0.3, 0.4) is 0 Å². The molecule has 0 aliphatic rings. The van der Waals surface area contributed by atoms with E-state index in [1.165, 1.54) is 0 Å². The van der Waals surface area contributed by atoms with E-state index in [9.17, 15) is 9.90 Å². The van der Waals surface area contributed by atoms with Gasteiger partial charge in [-0.25, -0.2) is 0 Å². The van der Waals surface area contributed by atoms with Gasteiger partial charge in [-0.05, 0) is 57.7 Å². The Balaban J connectivity index is 3.05. The van der Waals surface area contributed by atoms with Crippen LogP contribution in [0.4, 0.5) is 0 Å². The van der Waals surface area contributed by atoms with E-state index in [1.54, 1.807) is 13.8 Å². The predicted octanol–water partition coefficient (Wildman–Crippen LogP) is 3.15. The van der Waals surface area contributed by atoms with Crippen molar-refractivity contribution < 1.29 is 15.0 Å². The van der Waals surface area contributed by atoms with Crippen LogP contribution in [0.15, 0.2) is 12.1 Å². The average Bonchev–Trinajstić information content (AvgIpc) is 2.13. The predicted molar refractivity (Wildman–Crippen MR) is 71.6 cm³/mol. The van der Waals surface area contributed by atoms with E-state index in [4.69, 9.17) is 5.11 Å². The number of aliphatic hydroxyl groups excluding tert-OH is 1. The first kappa shape index (κ1) is 14.7. The molecule has 0 amide bonds. The molecule has 0 aromatic heterocycles. The van der Waals surface area contributed by atoms with Gasteiger partial charge < -0.3 is 10.2 Å². The SMILES string of the molecule is Cc1cc(C)c(C(O)CC(C)(C)C(=O)O)c(C)c1. The second kappa shape index (κ2) is 5.11. The highest BCUT2D eigenvalue weighted by molar-refractivity contribution is 5.73. The van der Waals surface area contributed by atoms with Gasteiger partial charge in [-0.2, -0.15) is 0 Å². The van der Waals surface area contributed by atoms with Crippen LogP contribution in [-0.2, 0) is 4.79 Å². The van der Waals surface area contributed by atoms with Crippen molar-refractivity contribution in [3.8, 4) is 0 Å². The summed E-state index contributed by atoms with van der Waals surface area (Å²) in [4.78, 5) is 11.1. The number of benzene rings is 1. The molecule has 0 aliphatic carbocycles. The van der Waals surface area contributed by atoms with Crippen LogP contribution in [0.25, 0.3) is 0 Å². The summed E-state index contributed by atoms with van der Waals surface area (Å²) in [5, 5.41) is 19.4. The summed E-state index contributed by atoms with van der Waals surface area (Å²) < 4.78 is 0. The summed E-state index contributed by atoms with van der Waals surface area (Å²) in [5.74, 6) is -0.885. The van der Waals surface area contributed by atoms with Gasteiger partial charge in [-0.3, -0.25) is 4.79 Å². The van der Waals surface area contributed by atoms with Gasteiger partial charge in [0.2, 0.25) is 0 Å². The first-order chi connectivity index (χ1) is 8.15. The molecular weight excluding hydrogens is 228 g/mol. The van der Waals surface area contributed by atoms with Crippen LogP contribution in [0, 0.1) is 26.2 Å². The van der Waals surface area contributed by atoms with Crippen molar-refractivity contribution in [1.29, 1.82) is 0 Å². The van der Waals surface area contributed by atoms with Gasteiger partial charge in [-0.1, -0.05) is 17.7 Å². The number of carbonyl (C=O) groups is 1. The van der Waals surface area contributed by atoms with Gasteiger partial charge in [0.05, 0.1) is 11.5 Å². The Kier molecular flexibility index (Phi) is 4.17. The molecular formula is C15H22O3. The summed E-state index contributed by atoms with van der Waals surface area (Å²) in [6.07, 6.45) is -0.524. The van der Waals surface area contributed by atoms with E-state index in [2.05, 4.69) is 0 Å². The molecule has 0 saturated heterocycles. The van der Waals surface area contributed by atoms with Crippen LogP contribution in [0.5, 0.6) is 0 Å².